The van der Waals surface area contributed by atoms with Gasteiger partial charge in [0.25, 0.3) is 0 Å². The van der Waals surface area contributed by atoms with E-state index in [1.807, 2.05) is 60.8 Å². The van der Waals surface area contributed by atoms with E-state index >= 15 is 0 Å². The maximum Gasteiger partial charge on any atom is 0.159 e. The molecule has 0 fully saturated rings. The van der Waals surface area contributed by atoms with Crippen LogP contribution in [0.25, 0.3) is 11.4 Å². The SMILES string of the molecule is Clc1ccc(-c2ncc3c(n2)CCN(Cc2ccc(C#Cc4ccccc4)s2)C3)cc1. The molecule has 5 rings (SSSR count). The number of aromatic nitrogens is 2. The van der Waals surface area contributed by atoms with E-state index in [9.17, 15) is 0 Å². The summed E-state index contributed by atoms with van der Waals surface area (Å²) in [5, 5.41) is 0.722. The Kier molecular flexibility index (Phi) is 5.82. The van der Waals surface area contributed by atoms with E-state index in [0.29, 0.717) is 0 Å². The van der Waals surface area contributed by atoms with Gasteiger partial charge in [-0.1, -0.05) is 41.6 Å². The van der Waals surface area contributed by atoms with Gasteiger partial charge in [0.05, 0.1) is 10.6 Å². The summed E-state index contributed by atoms with van der Waals surface area (Å²) in [5.74, 6) is 7.28. The number of hydrogen-bond acceptors (Lipinski definition) is 4. The van der Waals surface area contributed by atoms with Crippen molar-refractivity contribution in [2.24, 2.45) is 0 Å². The van der Waals surface area contributed by atoms with Gasteiger partial charge in [0.15, 0.2) is 5.82 Å². The van der Waals surface area contributed by atoms with Crippen molar-refractivity contribution >= 4 is 22.9 Å². The molecule has 0 unspecified atom stereocenters. The molecule has 0 amide bonds. The quantitative estimate of drug-likeness (QED) is 0.375. The van der Waals surface area contributed by atoms with Gasteiger partial charge in [-0.2, -0.15) is 0 Å². The Bertz CT molecular complexity index is 1250. The minimum Gasteiger partial charge on any atom is -0.293 e. The van der Waals surface area contributed by atoms with Crippen molar-refractivity contribution in [2.75, 3.05) is 6.54 Å². The molecule has 0 radical (unpaired) electrons. The molecule has 4 aromatic rings. The molecule has 0 aliphatic carbocycles. The van der Waals surface area contributed by atoms with Crippen molar-refractivity contribution < 1.29 is 0 Å². The van der Waals surface area contributed by atoms with Gasteiger partial charge < -0.3 is 0 Å². The third-order valence-corrected chi connectivity index (χ3v) is 6.50. The first-order valence-electron chi connectivity index (χ1n) is 10.2. The molecular formula is C26H20ClN3S. The fraction of sp³-hybridized carbons (Fsp3) is 0.154. The number of rotatable bonds is 3. The predicted octanol–water partition coefficient (Wildman–Crippen LogP) is 5.82. The normalized spacial score (nSPS) is 13.3. The number of hydrogen-bond donors (Lipinski definition) is 0. The fourth-order valence-electron chi connectivity index (χ4n) is 3.65. The van der Waals surface area contributed by atoms with Crippen LogP contribution in [0.2, 0.25) is 5.02 Å². The smallest absolute Gasteiger partial charge is 0.159 e. The van der Waals surface area contributed by atoms with Gasteiger partial charge in [-0.25, -0.2) is 9.97 Å². The van der Waals surface area contributed by atoms with Crippen LogP contribution in [0.15, 0.2) is 72.9 Å². The van der Waals surface area contributed by atoms with E-state index in [2.05, 4.69) is 33.9 Å². The first-order valence-corrected chi connectivity index (χ1v) is 11.4. The summed E-state index contributed by atoms with van der Waals surface area (Å²) in [6, 6.07) is 22.1. The summed E-state index contributed by atoms with van der Waals surface area (Å²) in [5.41, 5.74) is 4.40. The number of benzene rings is 2. The summed E-state index contributed by atoms with van der Waals surface area (Å²) in [4.78, 5) is 14.3. The van der Waals surface area contributed by atoms with Gasteiger partial charge in [0.2, 0.25) is 0 Å². The second kappa shape index (κ2) is 9.03. The summed E-state index contributed by atoms with van der Waals surface area (Å²) in [7, 11) is 0. The highest BCUT2D eigenvalue weighted by atomic mass is 35.5. The van der Waals surface area contributed by atoms with E-state index < -0.39 is 0 Å². The summed E-state index contributed by atoms with van der Waals surface area (Å²) in [6.07, 6.45) is 2.91. The molecular weight excluding hydrogens is 422 g/mol. The molecule has 0 atom stereocenters. The van der Waals surface area contributed by atoms with Crippen molar-refractivity contribution in [1.29, 1.82) is 0 Å². The Morgan fingerprint density at radius 1 is 0.968 bits per heavy atom. The molecule has 0 saturated carbocycles. The Hall–Kier alpha value is -2.97. The molecule has 2 aromatic heterocycles. The third-order valence-electron chi connectivity index (χ3n) is 5.26. The Labute approximate surface area is 191 Å². The van der Waals surface area contributed by atoms with Crippen LogP contribution in [0.1, 0.15) is 26.6 Å². The molecule has 1 aliphatic heterocycles. The van der Waals surface area contributed by atoms with Gasteiger partial charge in [0, 0.05) is 58.8 Å². The lowest BCUT2D eigenvalue weighted by Gasteiger charge is -2.27. The van der Waals surface area contributed by atoms with Gasteiger partial charge in [-0.05, 0) is 48.5 Å². The number of thiophene rings is 1. The van der Waals surface area contributed by atoms with Crippen molar-refractivity contribution in [3.05, 3.63) is 105 Å². The van der Waals surface area contributed by atoms with E-state index in [4.69, 9.17) is 16.6 Å². The van der Waals surface area contributed by atoms with Gasteiger partial charge in [-0.3, -0.25) is 4.90 Å². The monoisotopic (exact) mass is 441 g/mol. The van der Waals surface area contributed by atoms with E-state index in [1.54, 1.807) is 11.3 Å². The molecule has 0 bridgehead atoms. The van der Waals surface area contributed by atoms with Crippen LogP contribution in [-0.2, 0) is 19.5 Å². The summed E-state index contributed by atoms with van der Waals surface area (Å²) < 4.78 is 0. The van der Waals surface area contributed by atoms with E-state index in [1.165, 1.54) is 10.4 Å². The van der Waals surface area contributed by atoms with Gasteiger partial charge in [0.1, 0.15) is 0 Å². The van der Waals surface area contributed by atoms with Crippen molar-refractivity contribution in [2.45, 2.75) is 19.5 Å². The molecule has 0 saturated heterocycles. The number of fused-ring (bicyclic) bond motifs is 1. The lowest BCUT2D eigenvalue weighted by molar-refractivity contribution is 0.245. The first kappa shape index (κ1) is 20.0. The maximum absolute atomic E-state index is 5.99. The molecule has 3 nitrogen and oxygen atoms in total. The molecule has 0 N–H and O–H groups in total. The first-order chi connectivity index (χ1) is 15.2. The largest absolute Gasteiger partial charge is 0.293 e. The Morgan fingerprint density at radius 2 is 1.81 bits per heavy atom. The lowest BCUT2D eigenvalue weighted by Crippen LogP contribution is -2.30. The average Bonchev–Trinajstić information content (AvgIpc) is 3.26. The number of nitrogens with zero attached hydrogens (tertiary/aromatic N) is 3. The highest BCUT2D eigenvalue weighted by Gasteiger charge is 2.19. The standard InChI is InChI=1S/C26H20ClN3S/c27-22-9-7-20(8-10-22)26-28-16-21-17-30(15-14-25(21)29-26)18-24-13-12-23(31-24)11-6-19-4-2-1-3-5-19/h1-5,7-10,12-13,16H,14-15,17-18H2. The predicted molar refractivity (Wildman–Crippen MR) is 127 cm³/mol. The Morgan fingerprint density at radius 3 is 2.65 bits per heavy atom. The van der Waals surface area contributed by atoms with E-state index in [-0.39, 0.29) is 0 Å². The highest BCUT2D eigenvalue weighted by Crippen LogP contribution is 2.25. The molecule has 31 heavy (non-hydrogen) atoms. The maximum atomic E-state index is 5.99. The zero-order valence-corrected chi connectivity index (χ0v) is 18.5. The number of halogens is 1. The van der Waals surface area contributed by atoms with Crippen LogP contribution in [0, 0.1) is 11.8 Å². The molecule has 3 heterocycles. The van der Waals surface area contributed by atoms with Crippen LogP contribution in [0.5, 0.6) is 0 Å². The molecule has 2 aromatic carbocycles. The van der Waals surface area contributed by atoms with Crippen LogP contribution in [0.4, 0.5) is 0 Å². The second-order valence-electron chi connectivity index (χ2n) is 7.52. The van der Waals surface area contributed by atoms with Crippen LogP contribution >= 0.6 is 22.9 Å². The van der Waals surface area contributed by atoms with Crippen molar-refractivity contribution in [3.8, 4) is 23.2 Å². The Balaban J connectivity index is 1.25. The lowest BCUT2D eigenvalue weighted by atomic mass is 10.1. The zero-order valence-electron chi connectivity index (χ0n) is 16.9. The minimum absolute atomic E-state index is 0.722. The van der Waals surface area contributed by atoms with Crippen LogP contribution in [0.3, 0.4) is 0 Å². The van der Waals surface area contributed by atoms with Gasteiger partial charge in [-0.15, -0.1) is 11.3 Å². The minimum atomic E-state index is 0.722. The zero-order chi connectivity index (χ0) is 21.0. The molecule has 0 spiro atoms. The average molecular weight is 442 g/mol. The van der Waals surface area contributed by atoms with Crippen molar-refractivity contribution in [3.63, 3.8) is 0 Å². The van der Waals surface area contributed by atoms with Crippen molar-refractivity contribution in [1.82, 2.24) is 14.9 Å². The second-order valence-corrected chi connectivity index (χ2v) is 9.12. The van der Waals surface area contributed by atoms with Crippen LogP contribution in [-0.4, -0.2) is 21.4 Å². The molecule has 1 aliphatic rings. The van der Waals surface area contributed by atoms with Gasteiger partial charge >= 0.3 is 0 Å². The topological polar surface area (TPSA) is 29.0 Å². The van der Waals surface area contributed by atoms with E-state index in [0.717, 1.165) is 58.6 Å². The fourth-order valence-corrected chi connectivity index (χ4v) is 4.68. The summed E-state index contributed by atoms with van der Waals surface area (Å²) in [6.45, 7) is 2.79. The third kappa shape index (κ3) is 4.86. The van der Waals surface area contributed by atoms with Crippen LogP contribution < -0.4 is 0 Å². The summed E-state index contributed by atoms with van der Waals surface area (Å²) >= 11 is 7.76. The molecule has 152 valence electrons. The molecule has 5 heteroatoms. The highest BCUT2D eigenvalue weighted by molar-refractivity contribution is 7.12.